The van der Waals surface area contributed by atoms with Crippen LogP contribution in [0.3, 0.4) is 0 Å². The predicted molar refractivity (Wildman–Crippen MR) is 124 cm³/mol. The monoisotopic (exact) mass is 423 g/mol. The molecule has 0 fully saturated rings. The molecule has 0 spiro atoms. The summed E-state index contributed by atoms with van der Waals surface area (Å²) in [6, 6.07) is 17.6. The standard InChI is InChI=1S/C24H29NO2SSi/c1-6-23-20(3)18-25(28(26,27)21-14-12-19(2)13-15-21)17-16-24(23)29(4,5)22-10-8-7-9-11-22/h6-15H,1,3,16-18H2,2,4-5H3. The summed E-state index contributed by atoms with van der Waals surface area (Å²) in [5.74, 6) is 0. The van der Waals surface area contributed by atoms with Crippen LogP contribution < -0.4 is 5.19 Å². The smallest absolute Gasteiger partial charge is 0.207 e. The second-order valence-corrected chi connectivity index (χ2v) is 14.5. The summed E-state index contributed by atoms with van der Waals surface area (Å²) in [5, 5.41) is 2.64. The van der Waals surface area contributed by atoms with Crippen molar-refractivity contribution in [3.63, 3.8) is 0 Å². The molecule has 0 unspecified atom stereocenters. The fraction of sp³-hybridized carbons (Fsp3) is 0.250. The highest BCUT2D eigenvalue weighted by Gasteiger charge is 2.35. The molecule has 5 heteroatoms. The minimum Gasteiger partial charge on any atom is -0.207 e. The van der Waals surface area contributed by atoms with Crippen LogP contribution in [-0.2, 0) is 10.0 Å². The molecule has 1 heterocycles. The number of nitrogens with zero attached hydrogens (tertiary/aromatic N) is 1. The Kier molecular flexibility index (Phi) is 6.12. The first-order valence-electron chi connectivity index (χ1n) is 9.84. The minimum atomic E-state index is -3.57. The largest absolute Gasteiger partial charge is 0.243 e. The first kappa shape index (κ1) is 21.5. The molecule has 0 bridgehead atoms. The summed E-state index contributed by atoms with van der Waals surface area (Å²) < 4.78 is 28.1. The highest BCUT2D eigenvalue weighted by molar-refractivity contribution is 7.89. The van der Waals surface area contributed by atoms with Gasteiger partial charge in [-0.15, -0.1) is 0 Å². The van der Waals surface area contributed by atoms with Crippen molar-refractivity contribution in [2.45, 2.75) is 31.3 Å². The number of aryl methyl sites for hydroxylation is 1. The van der Waals surface area contributed by atoms with Crippen molar-refractivity contribution in [1.29, 1.82) is 0 Å². The van der Waals surface area contributed by atoms with E-state index in [1.54, 1.807) is 16.4 Å². The van der Waals surface area contributed by atoms with Crippen LogP contribution in [0, 0.1) is 6.92 Å². The molecule has 0 aliphatic carbocycles. The lowest BCUT2D eigenvalue weighted by atomic mass is 10.1. The number of hydrogen-bond acceptors (Lipinski definition) is 2. The zero-order valence-electron chi connectivity index (χ0n) is 17.5. The number of sulfonamides is 1. The van der Waals surface area contributed by atoms with E-state index in [1.807, 2.05) is 31.2 Å². The molecule has 1 aliphatic rings. The molecule has 2 aromatic carbocycles. The highest BCUT2D eigenvalue weighted by atomic mass is 32.2. The maximum absolute atomic E-state index is 13.3. The molecule has 0 radical (unpaired) electrons. The fourth-order valence-electron chi connectivity index (χ4n) is 3.97. The van der Waals surface area contributed by atoms with E-state index in [2.05, 4.69) is 50.5 Å². The van der Waals surface area contributed by atoms with Gasteiger partial charge in [-0.3, -0.25) is 0 Å². The Morgan fingerprint density at radius 1 is 1.03 bits per heavy atom. The normalized spacial score (nSPS) is 16.6. The van der Waals surface area contributed by atoms with Gasteiger partial charge in [-0.2, -0.15) is 4.31 Å². The van der Waals surface area contributed by atoms with Crippen LogP contribution in [0.4, 0.5) is 0 Å². The van der Waals surface area contributed by atoms with Crippen molar-refractivity contribution in [2.24, 2.45) is 0 Å². The van der Waals surface area contributed by atoms with Gasteiger partial charge in [-0.05, 0) is 36.6 Å². The number of allylic oxidation sites excluding steroid dienone is 1. The predicted octanol–water partition coefficient (Wildman–Crippen LogP) is 4.58. The molecule has 0 saturated heterocycles. The van der Waals surface area contributed by atoms with Crippen LogP contribution in [0.25, 0.3) is 0 Å². The fourth-order valence-corrected chi connectivity index (χ4v) is 8.47. The number of benzene rings is 2. The van der Waals surface area contributed by atoms with Gasteiger partial charge in [0.05, 0.1) is 4.90 Å². The van der Waals surface area contributed by atoms with Crippen LogP contribution in [0.1, 0.15) is 12.0 Å². The lowest BCUT2D eigenvalue weighted by molar-refractivity contribution is 0.446. The molecule has 0 atom stereocenters. The summed E-state index contributed by atoms with van der Waals surface area (Å²) in [4.78, 5) is 0.332. The number of hydrogen-bond donors (Lipinski definition) is 0. The first-order valence-corrected chi connectivity index (χ1v) is 14.3. The van der Waals surface area contributed by atoms with Crippen molar-refractivity contribution in [1.82, 2.24) is 4.31 Å². The first-order chi connectivity index (χ1) is 13.7. The van der Waals surface area contributed by atoms with Gasteiger partial charge < -0.3 is 0 Å². The van der Waals surface area contributed by atoms with Gasteiger partial charge in [0, 0.05) is 13.1 Å². The molecule has 0 saturated carbocycles. The molecular weight excluding hydrogens is 394 g/mol. The van der Waals surface area contributed by atoms with Gasteiger partial charge in [0.2, 0.25) is 10.0 Å². The van der Waals surface area contributed by atoms with Crippen LogP contribution in [0.15, 0.2) is 95.1 Å². The average molecular weight is 424 g/mol. The van der Waals surface area contributed by atoms with E-state index < -0.39 is 18.1 Å². The minimum absolute atomic E-state index is 0.292. The second-order valence-electron chi connectivity index (χ2n) is 8.09. The third kappa shape index (κ3) is 4.22. The van der Waals surface area contributed by atoms with Gasteiger partial charge in [0.25, 0.3) is 0 Å². The van der Waals surface area contributed by atoms with E-state index in [9.17, 15) is 8.42 Å². The van der Waals surface area contributed by atoms with E-state index in [0.29, 0.717) is 24.4 Å². The van der Waals surface area contributed by atoms with E-state index in [0.717, 1.165) is 16.7 Å². The summed E-state index contributed by atoms with van der Waals surface area (Å²) in [6.07, 6.45) is 2.55. The van der Waals surface area contributed by atoms with Crippen molar-refractivity contribution in [3.05, 3.63) is 95.7 Å². The zero-order chi connectivity index (χ0) is 21.2. The van der Waals surface area contributed by atoms with Crippen molar-refractivity contribution in [2.75, 3.05) is 13.1 Å². The molecule has 3 rings (SSSR count). The Morgan fingerprint density at radius 3 is 2.24 bits per heavy atom. The molecule has 152 valence electrons. The number of rotatable bonds is 5. The van der Waals surface area contributed by atoms with Crippen LogP contribution in [-0.4, -0.2) is 33.9 Å². The Bertz CT molecular complexity index is 1050. The van der Waals surface area contributed by atoms with Gasteiger partial charge >= 0.3 is 0 Å². The Labute approximate surface area is 176 Å². The quantitative estimate of drug-likeness (QED) is 0.660. The van der Waals surface area contributed by atoms with Gasteiger partial charge in [0.15, 0.2) is 0 Å². The third-order valence-corrected chi connectivity index (χ3v) is 11.5. The Hall–Kier alpha value is -2.21. The van der Waals surface area contributed by atoms with Gasteiger partial charge in [-0.1, -0.05) is 90.7 Å². The van der Waals surface area contributed by atoms with E-state index in [4.69, 9.17) is 0 Å². The molecular formula is C24H29NO2SSi. The lowest BCUT2D eigenvalue weighted by Gasteiger charge is -2.28. The SMILES string of the molecule is C=CC1=C([Si](C)(C)c2ccccc2)CCN(S(=O)(=O)c2ccc(C)cc2)CC1=C. The summed E-state index contributed by atoms with van der Waals surface area (Å²) >= 11 is 0. The Balaban J connectivity index is 1.98. The van der Waals surface area contributed by atoms with Crippen LogP contribution >= 0.6 is 0 Å². The van der Waals surface area contributed by atoms with Gasteiger partial charge in [0.1, 0.15) is 8.07 Å². The summed E-state index contributed by atoms with van der Waals surface area (Å²) in [7, 11) is -5.56. The maximum Gasteiger partial charge on any atom is 0.243 e. The highest BCUT2D eigenvalue weighted by Crippen LogP contribution is 2.32. The summed E-state index contributed by atoms with van der Waals surface area (Å²) in [5.41, 5.74) is 2.89. The molecule has 3 nitrogen and oxygen atoms in total. The van der Waals surface area contributed by atoms with Crippen molar-refractivity contribution in [3.8, 4) is 0 Å². The average Bonchev–Trinajstić information content (AvgIpc) is 2.88. The molecule has 0 amide bonds. The van der Waals surface area contributed by atoms with E-state index in [-0.39, 0.29) is 0 Å². The van der Waals surface area contributed by atoms with E-state index in [1.165, 1.54) is 10.4 Å². The molecule has 0 aromatic heterocycles. The van der Waals surface area contributed by atoms with Crippen LogP contribution in [0.5, 0.6) is 0 Å². The zero-order valence-corrected chi connectivity index (χ0v) is 19.3. The molecule has 0 N–H and O–H groups in total. The second kappa shape index (κ2) is 8.26. The summed E-state index contributed by atoms with van der Waals surface area (Å²) in [6.45, 7) is 15.6. The molecule has 29 heavy (non-hydrogen) atoms. The molecule has 2 aromatic rings. The Morgan fingerprint density at radius 2 is 1.66 bits per heavy atom. The maximum atomic E-state index is 13.3. The van der Waals surface area contributed by atoms with E-state index >= 15 is 0 Å². The lowest BCUT2D eigenvalue weighted by Crippen LogP contribution is -2.44. The third-order valence-electron chi connectivity index (χ3n) is 5.80. The van der Waals surface area contributed by atoms with Crippen molar-refractivity contribution < 1.29 is 8.42 Å². The topological polar surface area (TPSA) is 37.4 Å². The molecule has 1 aliphatic heterocycles. The van der Waals surface area contributed by atoms with Gasteiger partial charge in [-0.25, -0.2) is 8.42 Å². The van der Waals surface area contributed by atoms with Crippen LogP contribution in [0.2, 0.25) is 13.1 Å². The van der Waals surface area contributed by atoms with Crippen molar-refractivity contribution >= 4 is 23.3 Å².